The summed E-state index contributed by atoms with van der Waals surface area (Å²) in [4.78, 5) is 4.60. The van der Waals surface area contributed by atoms with E-state index < -0.39 is 0 Å². The number of halogens is 1. The number of anilines is 2. The lowest BCUT2D eigenvalue weighted by molar-refractivity contribution is 0.415. The number of benzene rings is 1. The average Bonchev–Trinajstić information content (AvgIpc) is 2.41. The van der Waals surface area contributed by atoms with Gasteiger partial charge in [-0.1, -0.05) is 18.3 Å². The quantitative estimate of drug-likeness (QED) is 0.838. The van der Waals surface area contributed by atoms with Crippen molar-refractivity contribution in [1.29, 1.82) is 0 Å². The summed E-state index contributed by atoms with van der Waals surface area (Å²) >= 11 is 8.38. The van der Waals surface area contributed by atoms with Gasteiger partial charge in [-0.15, -0.1) is 0 Å². The Morgan fingerprint density at radius 3 is 2.84 bits per heavy atom. The van der Waals surface area contributed by atoms with E-state index in [0.29, 0.717) is 11.5 Å². The normalized spacial score (nSPS) is 10.0. The molecule has 98 valence electrons. The molecule has 3 N–H and O–H groups in total. The number of ether oxygens (including phenoxy) is 1. The van der Waals surface area contributed by atoms with Crippen LogP contribution in [0, 0.1) is 0 Å². The van der Waals surface area contributed by atoms with Crippen LogP contribution in [0.3, 0.4) is 0 Å². The second-order valence-electron chi connectivity index (χ2n) is 3.74. The zero-order chi connectivity index (χ0) is 13.8. The minimum atomic E-state index is 0.272. The summed E-state index contributed by atoms with van der Waals surface area (Å²) in [6.07, 6.45) is 0. The molecule has 1 aromatic heterocycles. The second-order valence-corrected chi connectivity index (χ2v) is 5.04. The van der Waals surface area contributed by atoms with Gasteiger partial charge >= 0.3 is 0 Å². The van der Waals surface area contributed by atoms with Crippen molar-refractivity contribution in [2.24, 2.45) is 5.73 Å². The van der Waals surface area contributed by atoms with Crippen molar-refractivity contribution in [1.82, 2.24) is 4.98 Å². The average molecular weight is 338 g/mol. The molecule has 0 aliphatic rings. The molecule has 2 rings (SSSR count). The van der Waals surface area contributed by atoms with Crippen molar-refractivity contribution >= 4 is 44.6 Å². The summed E-state index contributed by atoms with van der Waals surface area (Å²) in [5.41, 5.74) is 7.00. The van der Waals surface area contributed by atoms with Crippen molar-refractivity contribution in [3.8, 4) is 5.75 Å². The fourth-order valence-corrected chi connectivity index (χ4v) is 1.97. The number of nitrogens with zero attached hydrogens (tertiary/aromatic N) is 1. The number of pyridine rings is 1. The molecular weight excluding hydrogens is 326 g/mol. The van der Waals surface area contributed by atoms with E-state index in [1.54, 1.807) is 13.2 Å². The van der Waals surface area contributed by atoms with Gasteiger partial charge in [0.1, 0.15) is 16.6 Å². The molecular formula is C13H12BrN3OS. The lowest BCUT2D eigenvalue weighted by Crippen LogP contribution is -2.12. The Morgan fingerprint density at radius 2 is 2.16 bits per heavy atom. The first-order valence-corrected chi connectivity index (χ1v) is 6.67. The van der Waals surface area contributed by atoms with Gasteiger partial charge in [-0.05, 0) is 40.2 Å². The number of methoxy groups -OCH3 is 1. The minimum Gasteiger partial charge on any atom is -0.497 e. The van der Waals surface area contributed by atoms with Gasteiger partial charge in [-0.2, -0.15) is 0 Å². The van der Waals surface area contributed by atoms with E-state index in [9.17, 15) is 0 Å². The minimum absolute atomic E-state index is 0.272. The van der Waals surface area contributed by atoms with Crippen LogP contribution in [0.1, 0.15) is 5.69 Å². The fourth-order valence-electron chi connectivity index (χ4n) is 1.51. The van der Waals surface area contributed by atoms with Gasteiger partial charge in [0, 0.05) is 10.5 Å². The predicted molar refractivity (Wildman–Crippen MR) is 84.1 cm³/mol. The zero-order valence-corrected chi connectivity index (χ0v) is 12.6. The largest absolute Gasteiger partial charge is 0.497 e. The van der Waals surface area contributed by atoms with Gasteiger partial charge in [0.25, 0.3) is 0 Å². The lowest BCUT2D eigenvalue weighted by atomic mass is 10.3. The summed E-state index contributed by atoms with van der Waals surface area (Å²) in [6, 6.07) is 11.1. The van der Waals surface area contributed by atoms with Gasteiger partial charge in [0.2, 0.25) is 0 Å². The standard InChI is InChI=1S/C13H12BrN3OS/c1-18-8-5-6-9(14)11(7-8)17-12-4-2-3-10(16-12)13(15)19/h2-7H,1H3,(H2,15,19)(H,16,17). The molecule has 0 aliphatic heterocycles. The number of hydrogen-bond donors (Lipinski definition) is 2. The zero-order valence-electron chi connectivity index (χ0n) is 10.2. The number of rotatable bonds is 4. The molecule has 19 heavy (non-hydrogen) atoms. The van der Waals surface area contributed by atoms with Crippen LogP contribution in [-0.2, 0) is 0 Å². The molecule has 0 saturated carbocycles. The SMILES string of the molecule is COc1ccc(Br)c(Nc2cccc(C(N)=S)n2)c1. The Morgan fingerprint density at radius 1 is 1.37 bits per heavy atom. The Hall–Kier alpha value is -1.66. The molecule has 0 aliphatic carbocycles. The van der Waals surface area contributed by atoms with E-state index in [4.69, 9.17) is 22.7 Å². The highest BCUT2D eigenvalue weighted by molar-refractivity contribution is 9.10. The highest BCUT2D eigenvalue weighted by atomic mass is 79.9. The molecule has 6 heteroatoms. The summed E-state index contributed by atoms with van der Waals surface area (Å²) in [5, 5.41) is 3.19. The van der Waals surface area contributed by atoms with Crippen LogP contribution in [0.25, 0.3) is 0 Å². The molecule has 1 heterocycles. The van der Waals surface area contributed by atoms with Gasteiger partial charge in [-0.25, -0.2) is 4.98 Å². The molecule has 0 radical (unpaired) electrons. The van der Waals surface area contributed by atoms with Crippen molar-refractivity contribution < 1.29 is 4.74 Å². The van der Waals surface area contributed by atoms with E-state index in [1.165, 1.54) is 0 Å². The maximum atomic E-state index is 5.56. The molecule has 0 unspecified atom stereocenters. The molecule has 0 atom stereocenters. The topological polar surface area (TPSA) is 60.2 Å². The molecule has 0 bridgehead atoms. The molecule has 0 spiro atoms. The predicted octanol–water partition coefficient (Wildman–Crippen LogP) is 3.23. The van der Waals surface area contributed by atoms with Crippen LogP contribution in [0.5, 0.6) is 5.75 Å². The Bertz CT molecular complexity index is 619. The lowest BCUT2D eigenvalue weighted by Gasteiger charge is -2.10. The number of aromatic nitrogens is 1. The van der Waals surface area contributed by atoms with Crippen molar-refractivity contribution in [3.05, 3.63) is 46.6 Å². The number of nitrogens with two attached hydrogens (primary N) is 1. The Balaban J connectivity index is 2.30. The van der Waals surface area contributed by atoms with Gasteiger partial charge in [0.15, 0.2) is 0 Å². The molecule has 4 nitrogen and oxygen atoms in total. The molecule has 0 fully saturated rings. The van der Waals surface area contributed by atoms with Crippen LogP contribution < -0.4 is 15.8 Å². The van der Waals surface area contributed by atoms with E-state index in [1.807, 2.05) is 30.3 Å². The first-order chi connectivity index (χ1) is 9.10. The highest BCUT2D eigenvalue weighted by Gasteiger charge is 2.05. The monoisotopic (exact) mass is 337 g/mol. The number of thiocarbonyl (C=S) groups is 1. The summed E-state index contributed by atoms with van der Waals surface area (Å²) in [5.74, 6) is 1.43. The van der Waals surface area contributed by atoms with Crippen LogP contribution in [0.2, 0.25) is 0 Å². The Labute approximate surface area is 125 Å². The summed E-state index contributed by atoms with van der Waals surface area (Å²) in [6.45, 7) is 0. The molecule has 1 aromatic carbocycles. The maximum absolute atomic E-state index is 5.56. The second kappa shape index (κ2) is 5.99. The van der Waals surface area contributed by atoms with Gasteiger partial charge < -0.3 is 15.8 Å². The third kappa shape index (κ3) is 3.42. The summed E-state index contributed by atoms with van der Waals surface area (Å²) in [7, 11) is 1.62. The van der Waals surface area contributed by atoms with Gasteiger partial charge in [-0.3, -0.25) is 0 Å². The van der Waals surface area contributed by atoms with Crippen LogP contribution in [0.15, 0.2) is 40.9 Å². The molecule has 2 aromatic rings. The van der Waals surface area contributed by atoms with Crippen molar-refractivity contribution in [2.45, 2.75) is 0 Å². The van der Waals surface area contributed by atoms with E-state index in [2.05, 4.69) is 26.2 Å². The summed E-state index contributed by atoms with van der Waals surface area (Å²) < 4.78 is 6.10. The van der Waals surface area contributed by atoms with E-state index >= 15 is 0 Å². The van der Waals surface area contributed by atoms with Crippen molar-refractivity contribution in [3.63, 3.8) is 0 Å². The maximum Gasteiger partial charge on any atom is 0.131 e. The van der Waals surface area contributed by atoms with Crippen LogP contribution in [-0.4, -0.2) is 17.1 Å². The number of hydrogen-bond acceptors (Lipinski definition) is 4. The van der Waals surface area contributed by atoms with Crippen molar-refractivity contribution in [2.75, 3.05) is 12.4 Å². The molecule has 0 saturated heterocycles. The third-order valence-corrected chi connectivity index (χ3v) is 3.34. The Kier molecular flexibility index (Phi) is 4.34. The highest BCUT2D eigenvalue weighted by Crippen LogP contribution is 2.29. The van der Waals surface area contributed by atoms with Gasteiger partial charge in [0.05, 0.1) is 18.5 Å². The molecule has 0 amide bonds. The third-order valence-electron chi connectivity index (χ3n) is 2.44. The fraction of sp³-hybridized carbons (Fsp3) is 0.0769. The van der Waals surface area contributed by atoms with Crippen LogP contribution >= 0.6 is 28.1 Å². The van der Waals surface area contributed by atoms with E-state index in [0.717, 1.165) is 15.9 Å². The first kappa shape index (κ1) is 13.8. The number of nitrogens with one attached hydrogen (secondary N) is 1. The first-order valence-electron chi connectivity index (χ1n) is 5.47. The smallest absolute Gasteiger partial charge is 0.131 e. The van der Waals surface area contributed by atoms with Crippen LogP contribution in [0.4, 0.5) is 11.5 Å². The van der Waals surface area contributed by atoms with E-state index in [-0.39, 0.29) is 4.99 Å².